The second-order valence-corrected chi connectivity index (χ2v) is 3.88. The first-order valence-electron chi connectivity index (χ1n) is 4.87. The van der Waals surface area contributed by atoms with Crippen LogP contribution in [0.3, 0.4) is 0 Å². The number of thioether (sulfide) groups is 1. The molecule has 0 atom stereocenters. The highest BCUT2D eigenvalue weighted by Gasteiger charge is 2.06. The molecular weight excluding hydrogens is 238 g/mol. The van der Waals surface area contributed by atoms with E-state index in [1.807, 2.05) is 6.26 Å². The molecule has 90 valence electrons. The number of benzene rings is 1. The van der Waals surface area contributed by atoms with Crippen LogP contribution in [0.2, 0.25) is 0 Å². The summed E-state index contributed by atoms with van der Waals surface area (Å²) in [6.07, 6.45) is 4.83. The van der Waals surface area contributed by atoms with E-state index in [1.165, 1.54) is 23.9 Å². The van der Waals surface area contributed by atoms with E-state index in [9.17, 15) is 10.1 Å². The Hall–Kier alpha value is -1.75. The van der Waals surface area contributed by atoms with Gasteiger partial charge in [0.25, 0.3) is 5.70 Å². The third kappa shape index (κ3) is 4.32. The van der Waals surface area contributed by atoms with Crippen molar-refractivity contribution in [1.82, 2.24) is 0 Å². The number of rotatable bonds is 5. The third-order valence-corrected chi connectivity index (χ3v) is 2.40. The van der Waals surface area contributed by atoms with Crippen molar-refractivity contribution >= 4 is 17.8 Å². The molecule has 0 N–H and O–H groups in total. The van der Waals surface area contributed by atoms with Crippen LogP contribution in [0.1, 0.15) is 5.56 Å². The SMILES string of the molecule is COc1cccc(/C=C(\C=C/SC)[N+](=O)[O-])c1. The summed E-state index contributed by atoms with van der Waals surface area (Å²) < 4.78 is 5.06. The van der Waals surface area contributed by atoms with E-state index in [4.69, 9.17) is 4.74 Å². The molecule has 0 aliphatic heterocycles. The van der Waals surface area contributed by atoms with Gasteiger partial charge in [-0.1, -0.05) is 12.1 Å². The molecule has 0 fully saturated rings. The highest BCUT2D eigenvalue weighted by Crippen LogP contribution is 2.16. The molecule has 0 saturated carbocycles. The molecular formula is C12H13NO3S. The quantitative estimate of drug-likeness (QED) is 0.458. The molecule has 0 heterocycles. The van der Waals surface area contributed by atoms with E-state index in [-0.39, 0.29) is 5.70 Å². The zero-order valence-corrected chi connectivity index (χ0v) is 10.4. The molecule has 4 nitrogen and oxygen atoms in total. The Morgan fingerprint density at radius 2 is 2.29 bits per heavy atom. The summed E-state index contributed by atoms with van der Waals surface area (Å²) >= 11 is 1.42. The van der Waals surface area contributed by atoms with Crippen molar-refractivity contribution in [2.75, 3.05) is 13.4 Å². The lowest BCUT2D eigenvalue weighted by Gasteiger charge is -2.00. The Kier molecular flexibility index (Phi) is 5.29. The molecule has 17 heavy (non-hydrogen) atoms. The van der Waals surface area contributed by atoms with Gasteiger partial charge in [0.1, 0.15) is 5.75 Å². The lowest BCUT2D eigenvalue weighted by Crippen LogP contribution is -1.95. The Bertz CT molecular complexity index is 455. The van der Waals surface area contributed by atoms with Crippen LogP contribution in [0.5, 0.6) is 5.75 Å². The largest absolute Gasteiger partial charge is 0.497 e. The van der Waals surface area contributed by atoms with Crippen LogP contribution < -0.4 is 4.74 Å². The predicted octanol–water partition coefficient (Wildman–Crippen LogP) is 3.19. The van der Waals surface area contributed by atoms with Gasteiger partial charge >= 0.3 is 0 Å². The van der Waals surface area contributed by atoms with Crippen LogP contribution >= 0.6 is 11.8 Å². The summed E-state index contributed by atoms with van der Waals surface area (Å²) in [5.41, 5.74) is 0.786. The summed E-state index contributed by atoms with van der Waals surface area (Å²) in [4.78, 5) is 10.4. The van der Waals surface area contributed by atoms with Gasteiger partial charge in [-0.3, -0.25) is 10.1 Å². The average Bonchev–Trinajstić information content (AvgIpc) is 2.34. The molecule has 0 aliphatic carbocycles. The molecule has 0 bridgehead atoms. The summed E-state index contributed by atoms with van der Waals surface area (Å²) in [6.45, 7) is 0. The molecule has 5 heteroatoms. The van der Waals surface area contributed by atoms with E-state index in [2.05, 4.69) is 0 Å². The van der Waals surface area contributed by atoms with Crippen LogP contribution in [-0.2, 0) is 0 Å². The first kappa shape index (κ1) is 13.3. The van der Waals surface area contributed by atoms with E-state index < -0.39 is 4.92 Å². The average molecular weight is 251 g/mol. The van der Waals surface area contributed by atoms with Crippen molar-refractivity contribution < 1.29 is 9.66 Å². The minimum Gasteiger partial charge on any atom is -0.497 e. The van der Waals surface area contributed by atoms with Gasteiger partial charge in [-0.25, -0.2) is 0 Å². The van der Waals surface area contributed by atoms with Crippen molar-refractivity contribution in [3.05, 3.63) is 57.1 Å². The third-order valence-electron chi connectivity index (χ3n) is 1.99. The van der Waals surface area contributed by atoms with Crippen LogP contribution in [0.4, 0.5) is 0 Å². The van der Waals surface area contributed by atoms with Gasteiger partial charge in [0, 0.05) is 12.2 Å². The fourth-order valence-corrected chi connectivity index (χ4v) is 1.48. The molecule has 1 rings (SSSR count). The Labute approximate surface area is 104 Å². The smallest absolute Gasteiger partial charge is 0.270 e. The van der Waals surface area contributed by atoms with Crippen molar-refractivity contribution in [2.24, 2.45) is 0 Å². The highest BCUT2D eigenvalue weighted by atomic mass is 32.2. The predicted molar refractivity (Wildman–Crippen MR) is 70.6 cm³/mol. The lowest BCUT2D eigenvalue weighted by molar-refractivity contribution is -0.417. The fraction of sp³-hybridized carbons (Fsp3) is 0.167. The van der Waals surface area contributed by atoms with Crippen LogP contribution in [-0.4, -0.2) is 18.3 Å². The molecule has 1 aromatic rings. The first-order chi connectivity index (χ1) is 8.17. The highest BCUT2D eigenvalue weighted by molar-refractivity contribution is 8.01. The number of hydrogen-bond acceptors (Lipinski definition) is 4. The maximum absolute atomic E-state index is 10.8. The van der Waals surface area contributed by atoms with Crippen molar-refractivity contribution in [1.29, 1.82) is 0 Å². The van der Waals surface area contributed by atoms with Gasteiger partial charge in [-0.15, -0.1) is 11.8 Å². The van der Waals surface area contributed by atoms with Crippen molar-refractivity contribution in [3.8, 4) is 5.75 Å². The maximum atomic E-state index is 10.8. The number of hydrogen-bond donors (Lipinski definition) is 0. The van der Waals surface area contributed by atoms with Crippen LogP contribution in [0.15, 0.2) is 41.4 Å². The zero-order valence-electron chi connectivity index (χ0n) is 9.62. The van der Waals surface area contributed by atoms with E-state index in [0.29, 0.717) is 5.75 Å². The summed E-state index contributed by atoms with van der Waals surface area (Å²) in [5, 5.41) is 12.5. The normalized spacial score (nSPS) is 11.8. The fourth-order valence-electron chi connectivity index (χ4n) is 1.20. The van der Waals surface area contributed by atoms with Crippen molar-refractivity contribution in [2.45, 2.75) is 0 Å². The minimum atomic E-state index is -0.411. The lowest BCUT2D eigenvalue weighted by atomic mass is 10.2. The molecule has 0 aromatic heterocycles. The Morgan fingerprint density at radius 1 is 1.53 bits per heavy atom. The second kappa shape index (κ2) is 6.75. The van der Waals surface area contributed by atoms with Gasteiger partial charge in [-0.2, -0.15) is 0 Å². The molecule has 0 radical (unpaired) electrons. The number of methoxy groups -OCH3 is 1. The molecule has 0 unspecified atom stereocenters. The van der Waals surface area contributed by atoms with Crippen LogP contribution in [0, 0.1) is 10.1 Å². The van der Waals surface area contributed by atoms with Crippen LogP contribution in [0.25, 0.3) is 6.08 Å². The Balaban J connectivity index is 3.03. The summed E-state index contributed by atoms with van der Waals surface area (Å²) in [5.74, 6) is 0.676. The molecule has 0 aliphatic rings. The number of nitro groups is 1. The topological polar surface area (TPSA) is 52.4 Å². The Morgan fingerprint density at radius 3 is 2.88 bits per heavy atom. The number of allylic oxidation sites excluding steroid dienone is 1. The maximum Gasteiger partial charge on any atom is 0.270 e. The van der Waals surface area contributed by atoms with Gasteiger partial charge in [0.05, 0.1) is 12.0 Å². The van der Waals surface area contributed by atoms with Gasteiger partial charge < -0.3 is 4.74 Å². The molecule has 1 aromatic carbocycles. The van der Waals surface area contributed by atoms with Gasteiger partial charge in [0.15, 0.2) is 0 Å². The summed E-state index contributed by atoms with van der Waals surface area (Å²) in [7, 11) is 1.56. The molecule has 0 spiro atoms. The van der Waals surface area contributed by atoms with Gasteiger partial charge in [0.2, 0.25) is 0 Å². The second-order valence-electron chi connectivity index (χ2n) is 3.14. The summed E-state index contributed by atoms with van der Waals surface area (Å²) in [6, 6.07) is 7.12. The zero-order chi connectivity index (χ0) is 12.7. The monoisotopic (exact) mass is 251 g/mol. The standard InChI is InChI=1S/C12H13NO3S/c1-16-12-5-3-4-10(9-12)8-11(13(14)15)6-7-17-2/h3-9H,1-2H3/b7-6-,11-8+. The van der Waals surface area contributed by atoms with E-state index in [0.717, 1.165) is 5.56 Å². The number of ether oxygens (including phenoxy) is 1. The first-order valence-corrected chi connectivity index (χ1v) is 6.15. The van der Waals surface area contributed by atoms with Crippen molar-refractivity contribution in [3.63, 3.8) is 0 Å². The number of nitrogens with zero attached hydrogens (tertiary/aromatic N) is 1. The minimum absolute atomic E-state index is 0.0487. The molecule has 0 saturated heterocycles. The van der Waals surface area contributed by atoms with Gasteiger partial charge in [-0.05, 0) is 29.4 Å². The van der Waals surface area contributed by atoms with E-state index >= 15 is 0 Å². The molecule has 0 amide bonds. The van der Waals surface area contributed by atoms with E-state index in [1.54, 1.807) is 36.8 Å².